The highest BCUT2D eigenvalue weighted by atomic mass is 16.5. The quantitative estimate of drug-likeness (QED) is 0.509. The molecule has 0 aromatic carbocycles. The van der Waals surface area contributed by atoms with E-state index in [1.165, 1.54) is 0 Å². The van der Waals surface area contributed by atoms with Crippen molar-refractivity contribution in [2.45, 2.75) is 0 Å². The first-order valence-electron chi connectivity index (χ1n) is 3.29. The van der Waals surface area contributed by atoms with E-state index in [0.29, 0.717) is 0 Å². The molecule has 1 saturated heterocycles. The summed E-state index contributed by atoms with van der Waals surface area (Å²) < 4.78 is 6.05. The standard InChI is InChI=1S/C6H14NO2/c1-7(2-4-8)3-5-9-6-7/h8H,2-6H2,1H3/q+1. The second-order valence-electron chi connectivity index (χ2n) is 2.83. The molecule has 1 heterocycles. The van der Waals surface area contributed by atoms with Crippen LogP contribution in [0.25, 0.3) is 0 Å². The lowest BCUT2D eigenvalue weighted by atomic mass is 10.5. The molecule has 1 rings (SSSR count). The zero-order chi connectivity index (χ0) is 6.74. The molecule has 9 heavy (non-hydrogen) atoms. The Morgan fingerprint density at radius 1 is 1.67 bits per heavy atom. The summed E-state index contributed by atoms with van der Waals surface area (Å²) in [5, 5.41) is 8.62. The lowest BCUT2D eigenvalue weighted by Gasteiger charge is -2.25. The van der Waals surface area contributed by atoms with Crippen LogP contribution in [0, 0.1) is 0 Å². The van der Waals surface area contributed by atoms with Crippen LogP contribution in [-0.4, -0.2) is 49.7 Å². The van der Waals surface area contributed by atoms with Gasteiger partial charge in [0.2, 0.25) is 0 Å². The Morgan fingerprint density at radius 3 is 2.89 bits per heavy atom. The van der Waals surface area contributed by atoms with Gasteiger partial charge in [0.15, 0.2) is 6.73 Å². The van der Waals surface area contributed by atoms with Crippen LogP contribution in [0.1, 0.15) is 0 Å². The molecular weight excluding hydrogens is 118 g/mol. The molecule has 0 spiro atoms. The molecule has 0 saturated carbocycles. The smallest absolute Gasteiger partial charge is 0.183 e. The Hall–Kier alpha value is -0.120. The summed E-state index contributed by atoms with van der Waals surface area (Å²) in [6.45, 7) is 3.73. The number of rotatable bonds is 2. The van der Waals surface area contributed by atoms with Gasteiger partial charge in [0.05, 0.1) is 13.7 Å². The highest BCUT2D eigenvalue weighted by molar-refractivity contribution is 4.40. The highest BCUT2D eigenvalue weighted by Crippen LogP contribution is 2.07. The highest BCUT2D eigenvalue weighted by Gasteiger charge is 2.26. The molecule has 54 valence electrons. The Kier molecular flexibility index (Phi) is 2.05. The van der Waals surface area contributed by atoms with Crippen LogP contribution in [-0.2, 0) is 4.74 Å². The van der Waals surface area contributed by atoms with Crippen molar-refractivity contribution in [3.63, 3.8) is 0 Å². The Labute approximate surface area is 55.4 Å². The van der Waals surface area contributed by atoms with Crippen molar-refractivity contribution >= 4 is 0 Å². The fourth-order valence-electron chi connectivity index (χ4n) is 1.05. The van der Waals surface area contributed by atoms with Crippen LogP contribution in [0.5, 0.6) is 0 Å². The third-order valence-electron chi connectivity index (χ3n) is 1.82. The summed E-state index contributed by atoms with van der Waals surface area (Å²) >= 11 is 0. The summed E-state index contributed by atoms with van der Waals surface area (Å²) in [5.74, 6) is 0. The fraction of sp³-hybridized carbons (Fsp3) is 1.00. The molecule has 1 aliphatic rings. The van der Waals surface area contributed by atoms with E-state index in [4.69, 9.17) is 9.84 Å². The SMILES string of the molecule is C[N+]1(CCO)CCOC1. The van der Waals surface area contributed by atoms with E-state index in [1.807, 2.05) is 0 Å². The molecule has 0 amide bonds. The summed E-state index contributed by atoms with van der Waals surface area (Å²) in [6, 6.07) is 0. The number of ether oxygens (including phenoxy) is 1. The molecule has 0 aromatic heterocycles. The summed E-state index contributed by atoms with van der Waals surface area (Å²) in [4.78, 5) is 0. The Balaban J connectivity index is 2.32. The van der Waals surface area contributed by atoms with Crippen LogP contribution >= 0.6 is 0 Å². The van der Waals surface area contributed by atoms with Gasteiger partial charge in [0.25, 0.3) is 0 Å². The monoisotopic (exact) mass is 132 g/mol. The maximum Gasteiger partial charge on any atom is 0.183 e. The lowest BCUT2D eigenvalue weighted by molar-refractivity contribution is -0.906. The van der Waals surface area contributed by atoms with E-state index in [0.717, 1.165) is 30.9 Å². The van der Waals surface area contributed by atoms with Crippen molar-refractivity contribution < 1.29 is 14.3 Å². The van der Waals surface area contributed by atoms with Crippen molar-refractivity contribution in [3.05, 3.63) is 0 Å². The first-order valence-corrected chi connectivity index (χ1v) is 3.29. The van der Waals surface area contributed by atoms with E-state index in [2.05, 4.69) is 7.05 Å². The van der Waals surface area contributed by atoms with Gasteiger partial charge in [-0.15, -0.1) is 0 Å². The summed E-state index contributed by atoms with van der Waals surface area (Å²) in [5.41, 5.74) is 0. The number of hydrogen-bond acceptors (Lipinski definition) is 2. The predicted octanol–water partition coefficient (Wildman–Crippen LogP) is -0.587. The molecule has 0 aliphatic carbocycles. The minimum absolute atomic E-state index is 0.264. The van der Waals surface area contributed by atoms with Gasteiger partial charge in [-0.05, 0) is 0 Å². The minimum Gasteiger partial charge on any atom is -0.391 e. The van der Waals surface area contributed by atoms with Crippen molar-refractivity contribution in [3.8, 4) is 0 Å². The van der Waals surface area contributed by atoms with Crippen LogP contribution in [0.2, 0.25) is 0 Å². The van der Waals surface area contributed by atoms with Crippen LogP contribution in [0.15, 0.2) is 0 Å². The largest absolute Gasteiger partial charge is 0.391 e. The van der Waals surface area contributed by atoms with Gasteiger partial charge < -0.3 is 9.84 Å². The number of aliphatic hydroxyl groups is 1. The fourth-order valence-corrected chi connectivity index (χ4v) is 1.05. The first-order chi connectivity index (χ1) is 4.27. The van der Waals surface area contributed by atoms with Crippen LogP contribution in [0.4, 0.5) is 0 Å². The topological polar surface area (TPSA) is 29.5 Å². The molecule has 1 fully saturated rings. The van der Waals surface area contributed by atoms with Crippen molar-refractivity contribution in [1.82, 2.24) is 0 Å². The van der Waals surface area contributed by atoms with Gasteiger partial charge in [-0.25, -0.2) is 0 Å². The summed E-state index contributed by atoms with van der Waals surface area (Å²) in [6.07, 6.45) is 0. The zero-order valence-electron chi connectivity index (χ0n) is 5.84. The van der Waals surface area contributed by atoms with Gasteiger partial charge in [-0.2, -0.15) is 0 Å². The van der Waals surface area contributed by atoms with Gasteiger partial charge in [-0.1, -0.05) is 0 Å². The molecule has 1 unspecified atom stereocenters. The normalized spacial score (nSPS) is 35.3. The van der Waals surface area contributed by atoms with Gasteiger partial charge >= 0.3 is 0 Å². The minimum atomic E-state index is 0.264. The van der Waals surface area contributed by atoms with E-state index in [9.17, 15) is 0 Å². The maximum atomic E-state index is 8.62. The van der Waals surface area contributed by atoms with E-state index >= 15 is 0 Å². The number of nitrogens with zero attached hydrogens (tertiary/aromatic N) is 1. The number of likely N-dealkylation sites (N-methyl/N-ethyl adjacent to an activating group) is 1. The predicted molar refractivity (Wildman–Crippen MR) is 33.8 cm³/mol. The number of aliphatic hydroxyl groups excluding tert-OH is 1. The van der Waals surface area contributed by atoms with E-state index < -0.39 is 0 Å². The zero-order valence-corrected chi connectivity index (χ0v) is 5.84. The third kappa shape index (κ3) is 1.64. The van der Waals surface area contributed by atoms with E-state index in [-0.39, 0.29) is 6.61 Å². The average Bonchev–Trinajstić information content (AvgIpc) is 2.16. The first kappa shape index (κ1) is 6.99. The molecular formula is C6H14NO2+. The summed E-state index contributed by atoms with van der Waals surface area (Å²) in [7, 11) is 2.10. The average molecular weight is 132 g/mol. The third-order valence-corrected chi connectivity index (χ3v) is 1.82. The molecule has 1 N–H and O–H groups in total. The molecule has 0 aromatic rings. The maximum absolute atomic E-state index is 8.62. The number of quaternary nitrogens is 1. The van der Waals surface area contributed by atoms with Crippen molar-refractivity contribution in [2.75, 3.05) is 40.1 Å². The molecule has 1 atom stereocenters. The van der Waals surface area contributed by atoms with Gasteiger partial charge in [0.1, 0.15) is 19.7 Å². The molecule has 0 radical (unpaired) electrons. The Bertz CT molecular complexity index is 89.1. The lowest BCUT2D eigenvalue weighted by Crippen LogP contribution is -2.43. The van der Waals surface area contributed by atoms with Crippen molar-refractivity contribution in [1.29, 1.82) is 0 Å². The van der Waals surface area contributed by atoms with Crippen LogP contribution in [0.3, 0.4) is 0 Å². The molecule has 3 nitrogen and oxygen atoms in total. The second-order valence-corrected chi connectivity index (χ2v) is 2.83. The molecule has 0 bridgehead atoms. The number of hydrogen-bond donors (Lipinski definition) is 1. The van der Waals surface area contributed by atoms with E-state index in [1.54, 1.807) is 0 Å². The van der Waals surface area contributed by atoms with Gasteiger partial charge in [0, 0.05) is 0 Å². The van der Waals surface area contributed by atoms with Gasteiger partial charge in [-0.3, -0.25) is 4.48 Å². The molecule has 3 heteroatoms. The second kappa shape index (κ2) is 2.64. The van der Waals surface area contributed by atoms with Crippen molar-refractivity contribution in [2.24, 2.45) is 0 Å². The molecule has 1 aliphatic heterocycles. The Morgan fingerprint density at radius 2 is 2.44 bits per heavy atom. The van der Waals surface area contributed by atoms with Crippen LogP contribution < -0.4 is 0 Å².